The fourth-order valence-corrected chi connectivity index (χ4v) is 4.63. The topological polar surface area (TPSA) is 92.2 Å². The number of benzene rings is 3. The zero-order chi connectivity index (χ0) is 26.5. The number of fused-ring (bicyclic) bond motifs is 1. The molecule has 0 atom stereocenters. The molecule has 0 unspecified atom stereocenters. The Balaban J connectivity index is 1.56. The Morgan fingerprint density at radius 1 is 0.919 bits per heavy atom. The van der Waals surface area contributed by atoms with Crippen LogP contribution < -0.4 is 16.1 Å². The van der Waals surface area contributed by atoms with Gasteiger partial charge in [0.25, 0.3) is 5.91 Å². The van der Waals surface area contributed by atoms with Gasteiger partial charge < -0.3 is 10.6 Å². The molecule has 37 heavy (non-hydrogen) atoms. The number of aromatic nitrogens is 1. The monoisotopic (exact) mass is 580 g/mol. The number of aryl methyl sites for hydroxylation is 2. The summed E-state index contributed by atoms with van der Waals surface area (Å²) < 4.78 is 2.01. The molecule has 4 rings (SSSR count). The van der Waals surface area contributed by atoms with Crippen LogP contribution in [0.15, 0.2) is 71.2 Å². The summed E-state index contributed by atoms with van der Waals surface area (Å²) in [5.41, 5.74) is 6.46. The Hall–Kier alpha value is -3.62. The van der Waals surface area contributed by atoms with E-state index in [-0.39, 0.29) is 5.69 Å². The second-order valence-electron chi connectivity index (χ2n) is 8.70. The molecule has 4 aromatic rings. The molecule has 0 fully saturated rings. The van der Waals surface area contributed by atoms with Crippen molar-refractivity contribution in [3.8, 4) is 0 Å². The third-order valence-electron chi connectivity index (χ3n) is 5.82. The summed E-state index contributed by atoms with van der Waals surface area (Å²) in [6, 6.07) is 19.5. The molecule has 190 valence electrons. The molecule has 0 aliphatic carbocycles. The van der Waals surface area contributed by atoms with Gasteiger partial charge >= 0.3 is 11.8 Å². The van der Waals surface area contributed by atoms with E-state index >= 15 is 0 Å². The number of halogens is 2. The van der Waals surface area contributed by atoms with Gasteiger partial charge in [-0.25, -0.2) is 4.68 Å². The maximum atomic E-state index is 13.2. The Morgan fingerprint density at radius 2 is 1.68 bits per heavy atom. The van der Waals surface area contributed by atoms with Gasteiger partial charge in [-0.05, 0) is 95.4 Å². The van der Waals surface area contributed by atoms with Crippen molar-refractivity contribution in [3.63, 3.8) is 0 Å². The summed E-state index contributed by atoms with van der Waals surface area (Å²) >= 11 is 9.60. The van der Waals surface area contributed by atoms with Crippen LogP contribution in [-0.2, 0) is 16.0 Å². The summed E-state index contributed by atoms with van der Waals surface area (Å²) in [5, 5.41) is 6.55. The standard InChI is InChI=1S/C28H26BrClN4O3/c1-3-4-5-18-7-10-21(11-8-18)31-27(36)28(37)33-34-24-13-9-20(30)15-19(24)16-25(34)26(35)32-23-12-6-17(2)14-22(23)29/h6-16H,3-5H2,1-2H3,(H,31,36)(H,32,35)(H,33,37). The molecule has 0 bridgehead atoms. The van der Waals surface area contributed by atoms with Crippen molar-refractivity contribution < 1.29 is 14.4 Å². The van der Waals surface area contributed by atoms with Crippen molar-refractivity contribution in [2.45, 2.75) is 33.1 Å². The van der Waals surface area contributed by atoms with E-state index in [9.17, 15) is 14.4 Å². The maximum Gasteiger partial charge on any atom is 0.328 e. The van der Waals surface area contributed by atoms with E-state index in [0.717, 1.165) is 34.9 Å². The number of unbranched alkanes of at least 4 members (excludes halogenated alkanes) is 1. The molecule has 0 saturated carbocycles. The Labute approximate surface area is 228 Å². The Morgan fingerprint density at radius 3 is 2.38 bits per heavy atom. The summed E-state index contributed by atoms with van der Waals surface area (Å²) in [4.78, 5) is 38.8. The highest BCUT2D eigenvalue weighted by Crippen LogP contribution is 2.26. The molecule has 3 N–H and O–H groups in total. The summed E-state index contributed by atoms with van der Waals surface area (Å²) in [5.74, 6) is -2.25. The predicted molar refractivity (Wildman–Crippen MR) is 152 cm³/mol. The van der Waals surface area contributed by atoms with Crippen molar-refractivity contribution in [1.29, 1.82) is 0 Å². The molecule has 3 aromatic carbocycles. The second kappa shape index (κ2) is 11.6. The van der Waals surface area contributed by atoms with Gasteiger partial charge in [0.15, 0.2) is 0 Å². The normalized spacial score (nSPS) is 10.8. The highest BCUT2D eigenvalue weighted by atomic mass is 79.9. The SMILES string of the molecule is CCCCc1ccc(NC(=O)C(=O)Nn2c(C(=O)Nc3ccc(C)cc3Br)cc3cc(Cl)ccc32)cc1. The average molecular weight is 582 g/mol. The molecule has 0 aliphatic heterocycles. The average Bonchev–Trinajstić information content (AvgIpc) is 3.22. The fraction of sp³-hybridized carbons (Fsp3) is 0.179. The number of amides is 3. The van der Waals surface area contributed by atoms with E-state index in [1.807, 2.05) is 31.2 Å². The lowest BCUT2D eigenvalue weighted by Crippen LogP contribution is -2.36. The van der Waals surface area contributed by atoms with Gasteiger partial charge in [0.2, 0.25) is 0 Å². The molecule has 0 aliphatic rings. The zero-order valence-corrected chi connectivity index (χ0v) is 22.7. The lowest BCUT2D eigenvalue weighted by Gasteiger charge is -2.13. The molecule has 1 heterocycles. The summed E-state index contributed by atoms with van der Waals surface area (Å²) in [6.45, 7) is 4.08. The van der Waals surface area contributed by atoms with Crippen LogP contribution in [0.4, 0.5) is 11.4 Å². The zero-order valence-electron chi connectivity index (χ0n) is 20.4. The van der Waals surface area contributed by atoms with Crippen LogP contribution in [-0.4, -0.2) is 22.4 Å². The lowest BCUT2D eigenvalue weighted by atomic mass is 10.1. The number of rotatable bonds is 7. The number of nitrogens with one attached hydrogen (secondary N) is 3. The van der Waals surface area contributed by atoms with Crippen LogP contribution in [0.2, 0.25) is 5.02 Å². The molecule has 0 saturated heterocycles. The molecule has 0 spiro atoms. The van der Waals surface area contributed by atoms with Crippen LogP contribution in [0.1, 0.15) is 41.4 Å². The number of anilines is 2. The predicted octanol–water partition coefficient (Wildman–Crippen LogP) is 6.67. The van der Waals surface area contributed by atoms with Crippen molar-refractivity contribution in [2.24, 2.45) is 0 Å². The first-order valence-corrected chi connectivity index (χ1v) is 13.0. The van der Waals surface area contributed by atoms with E-state index in [4.69, 9.17) is 11.6 Å². The van der Waals surface area contributed by atoms with Crippen molar-refractivity contribution >= 4 is 67.5 Å². The first kappa shape index (κ1) is 26.4. The third-order valence-corrected chi connectivity index (χ3v) is 6.71. The van der Waals surface area contributed by atoms with Gasteiger partial charge in [-0.15, -0.1) is 0 Å². The molecule has 7 nitrogen and oxygen atoms in total. The summed E-state index contributed by atoms with van der Waals surface area (Å²) in [7, 11) is 0. The maximum absolute atomic E-state index is 13.2. The number of carbonyl (C=O) groups excluding carboxylic acids is 3. The first-order valence-electron chi connectivity index (χ1n) is 11.8. The smallest absolute Gasteiger partial charge is 0.320 e. The highest BCUT2D eigenvalue weighted by Gasteiger charge is 2.21. The van der Waals surface area contributed by atoms with E-state index in [2.05, 4.69) is 38.9 Å². The van der Waals surface area contributed by atoms with Crippen LogP contribution in [0.5, 0.6) is 0 Å². The molecule has 0 radical (unpaired) electrons. The number of nitrogens with zero attached hydrogens (tertiary/aromatic N) is 1. The second-order valence-corrected chi connectivity index (χ2v) is 9.99. The quantitative estimate of drug-likeness (QED) is 0.213. The van der Waals surface area contributed by atoms with Crippen molar-refractivity contribution in [3.05, 3.63) is 93.0 Å². The molecule has 1 aromatic heterocycles. The van der Waals surface area contributed by atoms with E-state index in [1.54, 1.807) is 42.5 Å². The van der Waals surface area contributed by atoms with Crippen LogP contribution in [0, 0.1) is 6.92 Å². The highest BCUT2D eigenvalue weighted by molar-refractivity contribution is 9.10. The molecule has 9 heteroatoms. The minimum Gasteiger partial charge on any atom is -0.320 e. The van der Waals surface area contributed by atoms with Gasteiger partial charge in [0.1, 0.15) is 5.69 Å². The molecular formula is C28H26BrClN4O3. The van der Waals surface area contributed by atoms with E-state index in [0.29, 0.717) is 27.3 Å². The van der Waals surface area contributed by atoms with Gasteiger partial charge in [-0.1, -0.05) is 43.1 Å². The fourth-order valence-electron chi connectivity index (χ4n) is 3.86. The minimum absolute atomic E-state index is 0.131. The first-order chi connectivity index (χ1) is 17.7. The Bertz CT molecular complexity index is 1480. The summed E-state index contributed by atoms with van der Waals surface area (Å²) in [6.07, 6.45) is 3.14. The van der Waals surface area contributed by atoms with Crippen molar-refractivity contribution in [1.82, 2.24) is 4.68 Å². The van der Waals surface area contributed by atoms with Gasteiger partial charge in [0, 0.05) is 20.6 Å². The van der Waals surface area contributed by atoms with Crippen LogP contribution in [0.3, 0.4) is 0 Å². The van der Waals surface area contributed by atoms with Crippen LogP contribution in [0.25, 0.3) is 10.9 Å². The van der Waals surface area contributed by atoms with Gasteiger partial charge in [0.05, 0.1) is 11.2 Å². The number of hydrogen-bond donors (Lipinski definition) is 3. The molecular weight excluding hydrogens is 556 g/mol. The Kier molecular flexibility index (Phi) is 8.31. The van der Waals surface area contributed by atoms with Crippen LogP contribution >= 0.6 is 27.5 Å². The van der Waals surface area contributed by atoms with Gasteiger partial charge in [-0.2, -0.15) is 0 Å². The minimum atomic E-state index is -0.923. The van der Waals surface area contributed by atoms with Gasteiger partial charge in [-0.3, -0.25) is 19.8 Å². The molecule has 3 amide bonds. The third kappa shape index (κ3) is 6.39. The van der Waals surface area contributed by atoms with Crippen molar-refractivity contribution in [2.75, 3.05) is 16.1 Å². The number of hydrogen-bond acceptors (Lipinski definition) is 3. The van der Waals surface area contributed by atoms with E-state index < -0.39 is 17.7 Å². The largest absolute Gasteiger partial charge is 0.328 e. The lowest BCUT2D eigenvalue weighted by molar-refractivity contribution is -0.133. The number of carbonyl (C=O) groups is 3. The van der Waals surface area contributed by atoms with E-state index in [1.165, 1.54) is 4.68 Å².